The fraction of sp³-hybridized carbons (Fsp3) is 0.364. The molecule has 0 radical (unpaired) electrons. The van der Waals surface area contributed by atoms with Crippen LogP contribution in [0.25, 0.3) is 11.1 Å². The van der Waals surface area contributed by atoms with Crippen molar-refractivity contribution in [2.75, 3.05) is 37.7 Å². The molecule has 0 spiro atoms. The van der Waals surface area contributed by atoms with E-state index in [4.69, 9.17) is 4.74 Å². The maximum atomic E-state index is 12.6. The Balaban J connectivity index is 1.55. The fourth-order valence-electron chi connectivity index (χ4n) is 3.86. The lowest BCUT2D eigenvalue weighted by Crippen LogP contribution is -2.40. The van der Waals surface area contributed by atoms with Gasteiger partial charge in [0, 0.05) is 37.8 Å². The van der Waals surface area contributed by atoms with Crippen molar-refractivity contribution in [2.24, 2.45) is 0 Å². The van der Waals surface area contributed by atoms with E-state index < -0.39 is 0 Å². The van der Waals surface area contributed by atoms with Crippen LogP contribution in [0.15, 0.2) is 42.5 Å². The lowest BCUT2D eigenvalue weighted by molar-refractivity contribution is -0.116. The van der Waals surface area contributed by atoms with Gasteiger partial charge in [0.05, 0.1) is 13.2 Å². The Hall–Kier alpha value is -2.66. The first kappa shape index (κ1) is 17.7. The van der Waals surface area contributed by atoms with Gasteiger partial charge in [-0.3, -0.25) is 9.59 Å². The summed E-state index contributed by atoms with van der Waals surface area (Å²) in [4.78, 5) is 28.1. The average molecular weight is 364 g/mol. The van der Waals surface area contributed by atoms with Crippen LogP contribution in [-0.2, 0) is 16.0 Å². The van der Waals surface area contributed by atoms with Gasteiger partial charge in [0.2, 0.25) is 5.91 Å². The van der Waals surface area contributed by atoms with Crippen molar-refractivity contribution in [2.45, 2.75) is 19.8 Å². The van der Waals surface area contributed by atoms with Crippen LogP contribution < -0.4 is 4.90 Å². The molecule has 0 N–H and O–H groups in total. The molecule has 0 aliphatic carbocycles. The highest BCUT2D eigenvalue weighted by atomic mass is 16.5. The first-order valence-electron chi connectivity index (χ1n) is 9.52. The first-order valence-corrected chi connectivity index (χ1v) is 9.52. The molecule has 0 atom stereocenters. The highest BCUT2D eigenvalue weighted by molar-refractivity contribution is 5.95. The van der Waals surface area contributed by atoms with Crippen LogP contribution in [-0.4, -0.2) is 49.6 Å². The number of fused-ring (bicyclic) bond motifs is 1. The Bertz CT molecular complexity index is 854. The second-order valence-corrected chi connectivity index (χ2v) is 7.10. The van der Waals surface area contributed by atoms with E-state index in [0.29, 0.717) is 31.9 Å². The van der Waals surface area contributed by atoms with Crippen molar-refractivity contribution in [3.63, 3.8) is 0 Å². The SMILES string of the molecule is CC(=O)N1CCCc2cc(-c3ccc(C(=O)N4CCOCC4)cc3)ccc21. The lowest BCUT2D eigenvalue weighted by Gasteiger charge is -2.29. The van der Waals surface area contributed by atoms with Crippen molar-refractivity contribution in [1.82, 2.24) is 4.90 Å². The molecule has 2 aromatic rings. The zero-order chi connectivity index (χ0) is 18.8. The summed E-state index contributed by atoms with van der Waals surface area (Å²) in [6.07, 6.45) is 1.98. The van der Waals surface area contributed by atoms with E-state index in [2.05, 4.69) is 12.1 Å². The second-order valence-electron chi connectivity index (χ2n) is 7.10. The van der Waals surface area contributed by atoms with E-state index >= 15 is 0 Å². The monoisotopic (exact) mass is 364 g/mol. The van der Waals surface area contributed by atoms with Gasteiger partial charge >= 0.3 is 0 Å². The topological polar surface area (TPSA) is 49.9 Å². The van der Waals surface area contributed by atoms with E-state index in [1.165, 1.54) is 5.56 Å². The predicted molar refractivity (Wildman–Crippen MR) is 105 cm³/mol. The number of morpholine rings is 1. The van der Waals surface area contributed by atoms with Gasteiger partial charge in [0.15, 0.2) is 0 Å². The van der Waals surface area contributed by atoms with Gasteiger partial charge in [0.25, 0.3) is 5.91 Å². The summed E-state index contributed by atoms with van der Waals surface area (Å²) in [5, 5.41) is 0. The molecule has 0 bridgehead atoms. The number of carbonyl (C=O) groups is 2. The van der Waals surface area contributed by atoms with Crippen molar-refractivity contribution < 1.29 is 14.3 Å². The number of nitrogens with zero attached hydrogens (tertiary/aromatic N) is 2. The van der Waals surface area contributed by atoms with Gasteiger partial charge in [0.1, 0.15) is 0 Å². The minimum atomic E-state index is 0.0624. The van der Waals surface area contributed by atoms with Crippen LogP contribution in [0.4, 0.5) is 5.69 Å². The molecule has 2 aromatic carbocycles. The third-order valence-corrected chi connectivity index (χ3v) is 5.34. The number of hydrogen-bond acceptors (Lipinski definition) is 3. The first-order chi connectivity index (χ1) is 13.1. The van der Waals surface area contributed by atoms with Crippen LogP contribution in [0.1, 0.15) is 29.3 Å². The molecule has 27 heavy (non-hydrogen) atoms. The molecular formula is C22H24N2O3. The van der Waals surface area contributed by atoms with Gasteiger partial charge in [-0.1, -0.05) is 18.2 Å². The summed E-state index contributed by atoms with van der Waals surface area (Å²) < 4.78 is 5.31. The number of rotatable bonds is 2. The van der Waals surface area contributed by atoms with E-state index in [9.17, 15) is 9.59 Å². The van der Waals surface area contributed by atoms with Gasteiger partial charge in [-0.15, -0.1) is 0 Å². The minimum Gasteiger partial charge on any atom is -0.378 e. The summed E-state index contributed by atoms with van der Waals surface area (Å²) >= 11 is 0. The molecular weight excluding hydrogens is 340 g/mol. The summed E-state index contributed by atoms with van der Waals surface area (Å²) in [7, 11) is 0. The molecule has 0 aromatic heterocycles. The number of carbonyl (C=O) groups excluding carboxylic acids is 2. The summed E-state index contributed by atoms with van der Waals surface area (Å²) in [6, 6.07) is 14.1. The molecule has 2 heterocycles. The van der Waals surface area contributed by atoms with Gasteiger partial charge in [-0.25, -0.2) is 0 Å². The zero-order valence-corrected chi connectivity index (χ0v) is 15.6. The Kier molecular flexibility index (Phi) is 4.94. The van der Waals surface area contributed by atoms with Crippen LogP contribution in [0.2, 0.25) is 0 Å². The van der Waals surface area contributed by atoms with E-state index in [1.54, 1.807) is 6.92 Å². The number of anilines is 1. The third-order valence-electron chi connectivity index (χ3n) is 5.34. The van der Waals surface area contributed by atoms with E-state index in [1.807, 2.05) is 40.1 Å². The molecule has 140 valence electrons. The lowest BCUT2D eigenvalue weighted by atomic mass is 9.95. The van der Waals surface area contributed by atoms with Crippen LogP contribution >= 0.6 is 0 Å². The molecule has 5 nitrogen and oxygen atoms in total. The largest absolute Gasteiger partial charge is 0.378 e. The predicted octanol–water partition coefficient (Wildman–Crippen LogP) is 3.13. The molecule has 1 fully saturated rings. The minimum absolute atomic E-state index is 0.0624. The smallest absolute Gasteiger partial charge is 0.254 e. The fourth-order valence-corrected chi connectivity index (χ4v) is 3.86. The normalized spacial score (nSPS) is 16.8. The Morgan fingerprint density at radius 2 is 1.63 bits per heavy atom. The number of hydrogen-bond donors (Lipinski definition) is 0. The Morgan fingerprint density at radius 3 is 2.33 bits per heavy atom. The number of aryl methyl sites for hydroxylation is 1. The van der Waals surface area contributed by atoms with Crippen molar-refractivity contribution in [3.05, 3.63) is 53.6 Å². The van der Waals surface area contributed by atoms with Crippen molar-refractivity contribution in [3.8, 4) is 11.1 Å². The zero-order valence-electron chi connectivity index (χ0n) is 15.6. The summed E-state index contributed by atoms with van der Waals surface area (Å²) in [5.74, 6) is 0.155. The summed E-state index contributed by atoms with van der Waals surface area (Å²) in [6.45, 7) is 4.93. The molecule has 5 heteroatoms. The maximum absolute atomic E-state index is 12.6. The van der Waals surface area contributed by atoms with Crippen LogP contribution in [0.5, 0.6) is 0 Å². The van der Waals surface area contributed by atoms with Gasteiger partial charge < -0.3 is 14.5 Å². The number of ether oxygens (including phenoxy) is 1. The van der Waals surface area contributed by atoms with Crippen LogP contribution in [0, 0.1) is 0 Å². The third kappa shape index (κ3) is 3.60. The highest BCUT2D eigenvalue weighted by Crippen LogP contribution is 2.32. The van der Waals surface area contributed by atoms with E-state index in [-0.39, 0.29) is 11.8 Å². The molecule has 0 saturated carbocycles. The number of amides is 2. The van der Waals surface area contributed by atoms with Gasteiger partial charge in [-0.2, -0.15) is 0 Å². The van der Waals surface area contributed by atoms with Gasteiger partial charge in [-0.05, 0) is 53.8 Å². The molecule has 2 amide bonds. The maximum Gasteiger partial charge on any atom is 0.254 e. The highest BCUT2D eigenvalue weighted by Gasteiger charge is 2.21. The summed E-state index contributed by atoms with van der Waals surface area (Å²) in [5.41, 5.74) is 5.14. The standard InChI is InChI=1S/C22H24N2O3/c1-16(25)24-10-2-3-20-15-19(8-9-21(20)24)17-4-6-18(7-5-17)22(26)23-11-13-27-14-12-23/h4-9,15H,2-3,10-14H2,1H3. The Labute approximate surface area is 159 Å². The molecule has 4 rings (SSSR count). The second kappa shape index (κ2) is 7.53. The average Bonchev–Trinajstić information content (AvgIpc) is 2.73. The molecule has 2 aliphatic rings. The van der Waals surface area contributed by atoms with Crippen molar-refractivity contribution in [1.29, 1.82) is 0 Å². The molecule has 1 saturated heterocycles. The quantitative estimate of drug-likeness (QED) is 0.823. The molecule has 0 unspecified atom stereocenters. The van der Waals surface area contributed by atoms with Crippen LogP contribution in [0.3, 0.4) is 0 Å². The molecule has 2 aliphatic heterocycles. The van der Waals surface area contributed by atoms with Crippen molar-refractivity contribution >= 4 is 17.5 Å². The number of benzene rings is 2. The Morgan fingerprint density at radius 1 is 0.926 bits per heavy atom. The van der Waals surface area contributed by atoms with E-state index in [0.717, 1.165) is 36.2 Å².